The zero-order chi connectivity index (χ0) is 14.9. The normalized spacial score (nSPS) is 23.1. The second-order valence-electron chi connectivity index (χ2n) is 5.97. The van der Waals surface area contributed by atoms with Crippen LogP contribution in [0.15, 0.2) is 18.2 Å². The summed E-state index contributed by atoms with van der Waals surface area (Å²) in [7, 11) is 0. The van der Waals surface area contributed by atoms with Gasteiger partial charge in [-0.25, -0.2) is 0 Å². The van der Waals surface area contributed by atoms with Crippen molar-refractivity contribution in [3.05, 3.63) is 33.9 Å². The summed E-state index contributed by atoms with van der Waals surface area (Å²) in [5.74, 6) is 0. The molecule has 0 aromatic heterocycles. The van der Waals surface area contributed by atoms with Gasteiger partial charge >= 0.3 is 5.69 Å². The van der Waals surface area contributed by atoms with Crippen LogP contribution >= 0.6 is 0 Å². The lowest BCUT2D eigenvalue weighted by molar-refractivity contribution is -0.384. The first-order chi connectivity index (χ1) is 10.1. The lowest BCUT2D eigenvalue weighted by Gasteiger charge is -2.48. The summed E-state index contributed by atoms with van der Waals surface area (Å²) in [6, 6.07) is 6.98. The molecule has 110 valence electrons. The quantitative estimate of drug-likeness (QED) is 0.658. The number of nitriles is 1. The van der Waals surface area contributed by atoms with Crippen LogP contribution in [-0.2, 0) is 0 Å². The lowest BCUT2D eigenvalue weighted by atomic mass is 9.70. The SMILES string of the molecule is N#Cc1cccc(NC2CCNC3(CCC3)C2)c1[N+](=O)[O-]. The largest absolute Gasteiger partial charge is 0.377 e. The van der Waals surface area contributed by atoms with Crippen LogP contribution in [0.2, 0.25) is 0 Å². The maximum atomic E-state index is 11.2. The van der Waals surface area contributed by atoms with Crippen molar-refractivity contribution in [2.75, 3.05) is 11.9 Å². The van der Waals surface area contributed by atoms with E-state index < -0.39 is 4.92 Å². The fraction of sp³-hybridized carbons (Fsp3) is 0.533. The van der Waals surface area contributed by atoms with Gasteiger partial charge in [0.2, 0.25) is 0 Å². The summed E-state index contributed by atoms with van der Waals surface area (Å²) in [5.41, 5.74) is 0.691. The predicted molar refractivity (Wildman–Crippen MR) is 79.0 cm³/mol. The number of nitro benzene ring substituents is 1. The summed E-state index contributed by atoms with van der Waals surface area (Å²) in [4.78, 5) is 10.8. The molecule has 2 N–H and O–H groups in total. The Balaban J connectivity index is 1.81. The van der Waals surface area contributed by atoms with Crippen molar-refractivity contribution in [1.82, 2.24) is 5.32 Å². The minimum atomic E-state index is -0.471. The van der Waals surface area contributed by atoms with E-state index in [4.69, 9.17) is 5.26 Å². The van der Waals surface area contributed by atoms with Crippen LogP contribution in [0.5, 0.6) is 0 Å². The van der Waals surface area contributed by atoms with Crippen molar-refractivity contribution in [2.24, 2.45) is 0 Å². The van der Waals surface area contributed by atoms with Crippen LogP contribution in [0.3, 0.4) is 0 Å². The number of nitro groups is 1. The molecule has 1 saturated carbocycles. The predicted octanol–water partition coefficient (Wildman–Crippen LogP) is 2.55. The summed E-state index contributed by atoms with van der Waals surface area (Å²) < 4.78 is 0. The van der Waals surface area contributed by atoms with E-state index in [1.807, 2.05) is 6.07 Å². The van der Waals surface area contributed by atoms with Gasteiger partial charge < -0.3 is 10.6 Å². The van der Waals surface area contributed by atoms with Gasteiger partial charge in [0.25, 0.3) is 0 Å². The van der Waals surface area contributed by atoms with Gasteiger partial charge in [-0.3, -0.25) is 10.1 Å². The fourth-order valence-electron chi connectivity index (χ4n) is 3.43. The first-order valence-electron chi connectivity index (χ1n) is 7.33. The molecule has 1 aromatic carbocycles. The molecule has 6 nitrogen and oxygen atoms in total. The Bertz CT molecular complexity index is 604. The van der Waals surface area contributed by atoms with Crippen LogP contribution < -0.4 is 10.6 Å². The standard InChI is InChI=1S/C15H18N4O2/c16-10-11-3-1-4-13(14(11)19(20)21)18-12-5-8-17-15(9-12)6-2-7-15/h1,3-4,12,17-18H,2,5-9H2. The molecule has 3 rings (SSSR count). The Labute approximate surface area is 123 Å². The molecule has 21 heavy (non-hydrogen) atoms. The molecule has 1 unspecified atom stereocenters. The maximum Gasteiger partial charge on any atom is 0.309 e. The molecule has 1 aliphatic carbocycles. The number of anilines is 1. The van der Waals surface area contributed by atoms with Gasteiger partial charge in [0.15, 0.2) is 0 Å². The Morgan fingerprint density at radius 1 is 1.48 bits per heavy atom. The summed E-state index contributed by atoms with van der Waals surface area (Å²) in [5, 5.41) is 27.2. The molecule has 1 saturated heterocycles. The monoisotopic (exact) mass is 286 g/mol. The highest BCUT2D eigenvalue weighted by Crippen LogP contribution is 2.39. The molecule has 1 spiro atoms. The number of hydrogen-bond donors (Lipinski definition) is 2. The van der Waals surface area contributed by atoms with Gasteiger partial charge in [-0.2, -0.15) is 5.26 Å². The third-order valence-electron chi connectivity index (χ3n) is 4.64. The first-order valence-corrected chi connectivity index (χ1v) is 7.33. The topological polar surface area (TPSA) is 91.0 Å². The molecule has 6 heteroatoms. The van der Waals surface area contributed by atoms with Crippen molar-refractivity contribution in [1.29, 1.82) is 5.26 Å². The van der Waals surface area contributed by atoms with Gasteiger partial charge in [0.1, 0.15) is 17.3 Å². The van der Waals surface area contributed by atoms with Crippen molar-refractivity contribution in [3.63, 3.8) is 0 Å². The number of nitrogens with zero attached hydrogens (tertiary/aromatic N) is 2. The van der Waals surface area contributed by atoms with Crippen molar-refractivity contribution in [2.45, 2.75) is 43.7 Å². The summed E-state index contributed by atoms with van der Waals surface area (Å²) in [6.45, 7) is 0.934. The van der Waals surface area contributed by atoms with E-state index in [1.54, 1.807) is 12.1 Å². The molecule has 0 radical (unpaired) electrons. The van der Waals surface area contributed by atoms with E-state index in [0.717, 1.165) is 19.4 Å². The molecule has 1 aromatic rings. The zero-order valence-electron chi connectivity index (χ0n) is 11.8. The number of hydrogen-bond acceptors (Lipinski definition) is 5. The molecule has 2 aliphatic rings. The number of nitrogens with one attached hydrogen (secondary N) is 2. The molecular weight excluding hydrogens is 268 g/mol. The van der Waals surface area contributed by atoms with E-state index in [9.17, 15) is 10.1 Å². The molecule has 0 bridgehead atoms. The average molecular weight is 286 g/mol. The highest BCUT2D eigenvalue weighted by molar-refractivity contribution is 5.68. The fourth-order valence-corrected chi connectivity index (χ4v) is 3.43. The number of para-hydroxylation sites is 1. The smallest absolute Gasteiger partial charge is 0.309 e. The third kappa shape index (κ3) is 2.57. The van der Waals surface area contributed by atoms with Gasteiger partial charge in [0.05, 0.1) is 4.92 Å². The number of benzene rings is 1. The van der Waals surface area contributed by atoms with Crippen molar-refractivity contribution >= 4 is 11.4 Å². The van der Waals surface area contributed by atoms with E-state index in [0.29, 0.717) is 5.69 Å². The van der Waals surface area contributed by atoms with Crippen LogP contribution in [-0.4, -0.2) is 23.0 Å². The van der Waals surface area contributed by atoms with Gasteiger partial charge in [-0.15, -0.1) is 0 Å². The highest BCUT2D eigenvalue weighted by Gasteiger charge is 2.41. The van der Waals surface area contributed by atoms with Crippen molar-refractivity contribution < 1.29 is 4.92 Å². The molecule has 1 atom stereocenters. The molecule has 2 fully saturated rings. The molecule has 1 aliphatic heterocycles. The second-order valence-corrected chi connectivity index (χ2v) is 5.97. The Morgan fingerprint density at radius 3 is 2.90 bits per heavy atom. The number of rotatable bonds is 3. The maximum absolute atomic E-state index is 11.2. The van der Waals surface area contributed by atoms with Crippen LogP contribution in [0.4, 0.5) is 11.4 Å². The first kappa shape index (κ1) is 13.8. The Kier molecular flexibility index (Phi) is 3.52. The minimum Gasteiger partial charge on any atom is -0.377 e. The van der Waals surface area contributed by atoms with E-state index in [1.165, 1.54) is 25.3 Å². The molecule has 1 heterocycles. The zero-order valence-corrected chi connectivity index (χ0v) is 11.8. The summed E-state index contributed by atoms with van der Waals surface area (Å²) >= 11 is 0. The Morgan fingerprint density at radius 2 is 2.29 bits per heavy atom. The minimum absolute atomic E-state index is 0.109. The molecule has 0 amide bonds. The summed E-state index contributed by atoms with van der Waals surface area (Å²) in [6.07, 6.45) is 5.55. The highest BCUT2D eigenvalue weighted by atomic mass is 16.6. The lowest BCUT2D eigenvalue weighted by Crippen LogP contribution is -2.58. The molecular formula is C15H18N4O2. The number of piperidine rings is 1. The Hall–Kier alpha value is -2.13. The average Bonchev–Trinajstić information content (AvgIpc) is 2.45. The van der Waals surface area contributed by atoms with Crippen LogP contribution in [0.25, 0.3) is 0 Å². The van der Waals surface area contributed by atoms with Gasteiger partial charge in [0, 0.05) is 11.6 Å². The van der Waals surface area contributed by atoms with Crippen molar-refractivity contribution in [3.8, 4) is 6.07 Å². The van der Waals surface area contributed by atoms with Crippen LogP contribution in [0, 0.1) is 21.4 Å². The van der Waals surface area contributed by atoms with Gasteiger partial charge in [-0.05, 0) is 50.8 Å². The van der Waals surface area contributed by atoms with E-state index >= 15 is 0 Å². The second kappa shape index (κ2) is 5.34. The van der Waals surface area contributed by atoms with Gasteiger partial charge in [-0.1, -0.05) is 6.07 Å². The van der Waals surface area contributed by atoms with E-state index in [2.05, 4.69) is 10.6 Å². The van der Waals surface area contributed by atoms with E-state index in [-0.39, 0.29) is 22.8 Å². The van der Waals surface area contributed by atoms with Crippen LogP contribution in [0.1, 0.15) is 37.7 Å². The third-order valence-corrected chi connectivity index (χ3v) is 4.64.